The van der Waals surface area contributed by atoms with Crippen molar-refractivity contribution in [2.75, 3.05) is 5.32 Å². The summed E-state index contributed by atoms with van der Waals surface area (Å²) in [5, 5.41) is 3.99. The maximum atomic E-state index is 13.1. The molecule has 0 bridgehead atoms. The van der Waals surface area contributed by atoms with E-state index in [9.17, 15) is 17.6 Å². The highest BCUT2D eigenvalue weighted by Gasteiger charge is 2.23. The van der Waals surface area contributed by atoms with Gasteiger partial charge in [-0.1, -0.05) is 54.1 Å². The van der Waals surface area contributed by atoms with Gasteiger partial charge in [0.2, 0.25) is 15.0 Å². The van der Waals surface area contributed by atoms with Crippen molar-refractivity contribution in [1.82, 2.24) is 9.97 Å². The predicted octanol–water partition coefficient (Wildman–Crippen LogP) is 4.65. The number of hydrogen-bond acceptors (Lipinski definition) is 5. The van der Waals surface area contributed by atoms with E-state index in [0.29, 0.717) is 11.3 Å². The van der Waals surface area contributed by atoms with Crippen LogP contribution in [0.3, 0.4) is 0 Å². The number of nitrogens with one attached hydrogen (secondary N) is 1. The SMILES string of the molecule is O=C(Nc1ccc2ccccc2c1)c1nc(S(=O)(=O)Cc2ccc(F)cc2)ncc1Cl. The van der Waals surface area contributed by atoms with Crippen molar-refractivity contribution in [2.24, 2.45) is 0 Å². The minimum Gasteiger partial charge on any atom is -0.321 e. The molecule has 0 spiro atoms. The molecule has 1 amide bonds. The largest absolute Gasteiger partial charge is 0.321 e. The van der Waals surface area contributed by atoms with Crippen LogP contribution in [0.25, 0.3) is 10.8 Å². The number of carbonyl (C=O) groups is 1. The van der Waals surface area contributed by atoms with Crippen LogP contribution in [0.5, 0.6) is 0 Å². The minimum atomic E-state index is -3.98. The van der Waals surface area contributed by atoms with Gasteiger partial charge in [0.1, 0.15) is 5.82 Å². The zero-order valence-corrected chi connectivity index (χ0v) is 17.5. The van der Waals surface area contributed by atoms with Gasteiger partial charge in [0, 0.05) is 5.69 Å². The second-order valence-electron chi connectivity index (χ2n) is 6.75. The number of hydrogen-bond donors (Lipinski definition) is 1. The lowest BCUT2D eigenvalue weighted by Crippen LogP contribution is -2.18. The van der Waals surface area contributed by atoms with E-state index >= 15 is 0 Å². The van der Waals surface area contributed by atoms with Crippen LogP contribution in [0.2, 0.25) is 5.02 Å². The Morgan fingerprint density at radius 1 is 1.00 bits per heavy atom. The molecule has 9 heteroatoms. The summed E-state index contributed by atoms with van der Waals surface area (Å²) < 4.78 is 38.4. The van der Waals surface area contributed by atoms with Gasteiger partial charge in [-0.3, -0.25) is 4.79 Å². The number of amides is 1. The summed E-state index contributed by atoms with van der Waals surface area (Å²) in [6, 6.07) is 18.0. The van der Waals surface area contributed by atoms with Crippen molar-refractivity contribution in [3.8, 4) is 0 Å². The smallest absolute Gasteiger partial charge is 0.275 e. The fraction of sp³-hybridized carbons (Fsp3) is 0.0455. The van der Waals surface area contributed by atoms with Crippen LogP contribution >= 0.6 is 11.6 Å². The third-order valence-electron chi connectivity index (χ3n) is 4.49. The molecule has 0 fully saturated rings. The first-order valence-electron chi connectivity index (χ1n) is 9.12. The third kappa shape index (κ3) is 4.70. The van der Waals surface area contributed by atoms with E-state index in [1.165, 1.54) is 12.1 Å². The second kappa shape index (κ2) is 8.41. The summed E-state index contributed by atoms with van der Waals surface area (Å²) in [6.45, 7) is 0. The van der Waals surface area contributed by atoms with Crippen LogP contribution in [0.15, 0.2) is 78.1 Å². The summed E-state index contributed by atoms with van der Waals surface area (Å²) in [5.41, 5.74) is 0.610. The summed E-state index contributed by atoms with van der Waals surface area (Å²) >= 11 is 6.06. The van der Waals surface area contributed by atoms with Gasteiger partial charge < -0.3 is 5.32 Å². The number of benzene rings is 3. The molecule has 0 atom stereocenters. The Labute approximate surface area is 182 Å². The average molecular weight is 456 g/mol. The summed E-state index contributed by atoms with van der Waals surface area (Å²) in [5.74, 6) is -1.59. The number of halogens is 2. The molecule has 0 aliphatic rings. The van der Waals surface area contributed by atoms with Gasteiger partial charge in [0.05, 0.1) is 17.0 Å². The number of rotatable bonds is 5. The zero-order valence-electron chi connectivity index (χ0n) is 15.9. The Hall–Kier alpha value is -3.36. The van der Waals surface area contributed by atoms with E-state index < -0.39 is 32.5 Å². The molecule has 6 nitrogen and oxygen atoms in total. The molecule has 0 aliphatic heterocycles. The van der Waals surface area contributed by atoms with Gasteiger partial charge in [-0.25, -0.2) is 22.8 Å². The maximum absolute atomic E-state index is 13.1. The first-order chi connectivity index (χ1) is 14.8. The number of sulfone groups is 1. The zero-order chi connectivity index (χ0) is 22.0. The van der Waals surface area contributed by atoms with Gasteiger partial charge in [0.15, 0.2) is 5.69 Å². The van der Waals surface area contributed by atoms with E-state index in [1.807, 2.05) is 30.3 Å². The molecular weight excluding hydrogens is 441 g/mol. The van der Waals surface area contributed by atoms with Crippen molar-refractivity contribution in [2.45, 2.75) is 10.9 Å². The lowest BCUT2D eigenvalue weighted by molar-refractivity contribution is 0.102. The number of aromatic nitrogens is 2. The van der Waals surface area contributed by atoms with Crippen LogP contribution in [0, 0.1) is 5.82 Å². The van der Waals surface area contributed by atoms with Crippen LogP contribution < -0.4 is 5.32 Å². The van der Waals surface area contributed by atoms with Gasteiger partial charge in [-0.2, -0.15) is 0 Å². The van der Waals surface area contributed by atoms with Crippen LogP contribution in [-0.4, -0.2) is 24.3 Å². The third-order valence-corrected chi connectivity index (χ3v) is 6.24. The van der Waals surface area contributed by atoms with Crippen LogP contribution in [0.1, 0.15) is 16.1 Å². The normalized spacial score (nSPS) is 11.4. The molecule has 3 aromatic carbocycles. The standard InChI is InChI=1S/C22H15ClFN3O3S/c23-19-12-25-22(31(29,30)13-14-5-8-17(24)9-6-14)27-20(19)21(28)26-18-10-7-15-3-1-2-4-16(15)11-18/h1-12H,13H2,(H,26,28). The van der Waals surface area contributed by atoms with E-state index in [1.54, 1.807) is 12.1 Å². The summed E-state index contributed by atoms with van der Waals surface area (Å²) in [4.78, 5) is 20.4. The molecular formula is C22H15ClFN3O3S. The molecule has 4 aromatic rings. The number of fused-ring (bicyclic) bond motifs is 1. The number of carbonyl (C=O) groups excluding carboxylic acids is 1. The lowest BCUT2D eigenvalue weighted by Gasteiger charge is -2.09. The molecule has 0 unspecified atom stereocenters. The first-order valence-corrected chi connectivity index (χ1v) is 11.1. The molecule has 0 radical (unpaired) electrons. The van der Waals surface area contributed by atoms with Crippen molar-refractivity contribution in [3.05, 3.63) is 95.0 Å². The molecule has 31 heavy (non-hydrogen) atoms. The molecule has 156 valence electrons. The maximum Gasteiger partial charge on any atom is 0.275 e. The molecule has 1 aromatic heterocycles. The number of anilines is 1. The lowest BCUT2D eigenvalue weighted by atomic mass is 10.1. The van der Waals surface area contributed by atoms with Gasteiger partial charge in [-0.05, 0) is 40.6 Å². The average Bonchev–Trinajstić information content (AvgIpc) is 2.75. The highest BCUT2D eigenvalue weighted by atomic mass is 35.5. The quantitative estimate of drug-likeness (QED) is 0.442. The fourth-order valence-electron chi connectivity index (χ4n) is 2.98. The monoisotopic (exact) mass is 455 g/mol. The minimum absolute atomic E-state index is 0.0842. The van der Waals surface area contributed by atoms with E-state index in [-0.39, 0.29) is 10.7 Å². The Morgan fingerprint density at radius 3 is 2.45 bits per heavy atom. The van der Waals surface area contributed by atoms with Crippen molar-refractivity contribution in [1.29, 1.82) is 0 Å². The van der Waals surface area contributed by atoms with Gasteiger partial charge in [-0.15, -0.1) is 0 Å². The Bertz CT molecular complexity index is 1390. The fourth-order valence-corrected chi connectivity index (χ4v) is 4.36. The Morgan fingerprint density at radius 2 is 1.71 bits per heavy atom. The molecule has 0 saturated heterocycles. The molecule has 0 aliphatic carbocycles. The highest BCUT2D eigenvalue weighted by molar-refractivity contribution is 7.90. The van der Waals surface area contributed by atoms with E-state index in [2.05, 4.69) is 15.3 Å². The summed E-state index contributed by atoms with van der Waals surface area (Å²) in [7, 11) is -3.98. The van der Waals surface area contributed by atoms with E-state index in [0.717, 1.165) is 29.1 Å². The van der Waals surface area contributed by atoms with Gasteiger partial charge in [0.25, 0.3) is 5.91 Å². The first kappa shape index (κ1) is 20.9. The van der Waals surface area contributed by atoms with Crippen molar-refractivity contribution >= 4 is 43.8 Å². The summed E-state index contributed by atoms with van der Waals surface area (Å²) in [6.07, 6.45) is 1.07. The molecule has 4 rings (SSSR count). The van der Waals surface area contributed by atoms with E-state index in [4.69, 9.17) is 11.6 Å². The van der Waals surface area contributed by atoms with Crippen LogP contribution in [0.4, 0.5) is 10.1 Å². The van der Waals surface area contributed by atoms with Crippen LogP contribution in [-0.2, 0) is 15.6 Å². The Kier molecular flexibility index (Phi) is 5.67. The predicted molar refractivity (Wildman–Crippen MR) is 116 cm³/mol. The highest BCUT2D eigenvalue weighted by Crippen LogP contribution is 2.22. The molecule has 0 saturated carbocycles. The molecule has 1 heterocycles. The van der Waals surface area contributed by atoms with Crippen molar-refractivity contribution in [3.63, 3.8) is 0 Å². The second-order valence-corrected chi connectivity index (χ2v) is 9.04. The van der Waals surface area contributed by atoms with Gasteiger partial charge >= 0.3 is 0 Å². The molecule has 1 N–H and O–H groups in total. The topological polar surface area (TPSA) is 89.0 Å². The number of nitrogens with zero attached hydrogens (tertiary/aromatic N) is 2. The van der Waals surface area contributed by atoms with Crippen molar-refractivity contribution < 1.29 is 17.6 Å². The Balaban J connectivity index is 1.60.